The topological polar surface area (TPSA) is 51.6 Å². The minimum atomic E-state index is -0.482. The standard InChI is InChI=1S/C29H30ClNO3/c1-19-16-24-23(14-15-26(31-24)33-18-20-8-6-5-7-9-20)28(21-10-12-22(30)13-11-21)27(19)25(17-32)34-29(2,3)4/h5-16,25,32H,17-18H2,1-4H3. The number of halogens is 1. The quantitative estimate of drug-likeness (QED) is 0.305. The van der Waals surface area contributed by atoms with Gasteiger partial charge in [0.25, 0.3) is 0 Å². The zero-order valence-corrected chi connectivity index (χ0v) is 20.8. The minimum absolute atomic E-state index is 0.129. The summed E-state index contributed by atoms with van der Waals surface area (Å²) in [4.78, 5) is 4.80. The lowest BCUT2D eigenvalue weighted by atomic mass is 9.88. The van der Waals surface area contributed by atoms with Crippen LogP contribution in [0.15, 0.2) is 72.8 Å². The van der Waals surface area contributed by atoms with Crippen LogP contribution in [0.5, 0.6) is 5.88 Å². The first-order chi connectivity index (χ1) is 16.2. The van der Waals surface area contributed by atoms with Crippen molar-refractivity contribution in [3.05, 3.63) is 94.5 Å². The molecular formula is C29H30ClNO3. The highest BCUT2D eigenvalue weighted by Crippen LogP contribution is 2.40. The molecular weight excluding hydrogens is 446 g/mol. The molecule has 1 atom stereocenters. The first kappa shape index (κ1) is 24.2. The summed E-state index contributed by atoms with van der Waals surface area (Å²) in [6.07, 6.45) is -0.482. The van der Waals surface area contributed by atoms with Crippen molar-refractivity contribution in [3.63, 3.8) is 0 Å². The number of ether oxygens (including phenoxy) is 2. The molecule has 0 aliphatic carbocycles. The van der Waals surface area contributed by atoms with Gasteiger partial charge in [-0.1, -0.05) is 54.1 Å². The fraction of sp³-hybridized carbons (Fsp3) is 0.276. The molecule has 0 bridgehead atoms. The van der Waals surface area contributed by atoms with Crippen LogP contribution in [0.1, 0.15) is 43.6 Å². The van der Waals surface area contributed by atoms with E-state index < -0.39 is 11.7 Å². The van der Waals surface area contributed by atoms with Gasteiger partial charge in [-0.3, -0.25) is 0 Å². The minimum Gasteiger partial charge on any atom is -0.473 e. The smallest absolute Gasteiger partial charge is 0.214 e. The highest BCUT2D eigenvalue weighted by atomic mass is 35.5. The van der Waals surface area contributed by atoms with Crippen molar-refractivity contribution < 1.29 is 14.6 Å². The van der Waals surface area contributed by atoms with Crippen LogP contribution in [0.25, 0.3) is 22.0 Å². The highest BCUT2D eigenvalue weighted by molar-refractivity contribution is 6.30. The van der Waals surface area contributed by atoms with Crippen molar-refractivity contribution in [2.45, 2.75) is 46.0 Å². The van der Waals surface area contributed by atoms with Gasteiger partial charge in [-0.15, -0.1) is 0 Å². The number of hydrogen-bond acceptors (Lipinski definition) is 4. The van der Waals surface area contributed by atoms with E-state index in [0.29, 0.717) is 17.5 Å². The normalized spacial score (nSPS) is 12.6. The molecule has 0 amide bonds. The van der Waals surface area contributed by atoms with E-state index >= 15 is 0 Å². The predicted molar refractivity (Wildman–Crippen MR) is 138 cm³/mol. The molecule has 5 heteroatoms. The van der Waals surface area contributed by atoms with E-state index in [0.717, 1.165) is 38.7 Å². The molecule has 0 aliphatic rings. The Balaban J connectivity index is 1.83. The molecule has 4 nitrogen and oxygen atoms in total. The Labute approximate surface area is 206 Å². The molecule has 0 saturated heterocycles. The van der Waals surface area contributed by atoms with Gasteiger partial charge in [-0.2, -0.15) is 0 Å². The molecule has 4 rings (SSSR count). The van der Waals surface area contributed by atoms with E-state index in [-0.39, 0.29) is 6.61 Å². The van der Waals surface area contributed by atoms with Crippen molar-refractivity contribution in [2.75, 3.05) is 6.61 Å². The number of pyridine rings is 1. The zero-order valence-electron chi connectivity index (χ0n) is 20.0. The van der Waals surface area contributed by atoms with Crippen LogP contribution in [0, 0.1) is 6.92 Å². The molecule has 0 fully saturated rings. The Morgan fingerprint density at radius 1 is 0.971 bits per heavy atom. The largest absolute Gasteiger partial charge is 0.473 e. The molecule has 1 unspecified atom stereocenters. The Morgan fingerprint density at radius 3 is 2.32 bits per heavy atom. The lowest BCUT2D eigenvalue weighted by molar-refractivity contribution is -0.0821. The van der Waals surface area contributed by atoms with Crippen molar-refractivity contribution >= 4 is 22.5 Å². The van der Waals surface area contributed by atoms with Crippen LogP contribution in [0.2, 0.25) is 5.02 Å². The maximum absolute atomic E-state index is 10.3. The Bertz CT molecular complexity index is 1260. The number of aryl methyl sites for hydroxylation is 1. The SMILES string of the molecule is Cc1cc2nc(OCc3ccccc3)ccc2c(-c2ccc(Cl)cc2)c1C(CO)OC(C)(C)C. The molecule has 1 heterocycles. The molecule has 4 aromatic rings. The number of aromatic nitrogens is 1. The van der Waals surface area contributed by atoms with E-state index in [4.69, 9.17) is 26.1 Å². The number of rotatable bonds is 7. The summed E-state index contributed by atoms with van der Waals surface area (Å²) in [6, 6.07) is 23.7. The summed E-state index contributed by atoms with van der Waals surface area (Å²) in [5.41, 5.74) is 5.41. The van der Waals surface area contributed by atoms with Crippen LogP contribution in [0.4, 0.5) is 0 Å². The molecule has 34 heavy (non-hydrogen) atoms. The molecule has 1 aromatic heterocycles. The molecule has 176 valence electrons. The summed E-state index contributed by atoms with van der Waals surface area (Å²) >= 11 is 6.18. The molecule has 0 aliphatic heterocycles. The number of hydrogen-bond donors (Lipinski definition) is 1. The second kappa shape index (κ2) is 10.1. The van der Waals surface area contributed by atoms with E-state index in [1.807, 2.05) is 100 Å². The maximum atomic E-state index is 10.3. The average molecular weight is 476 g/mol. The number of nitrogens with zero attached hydrogens (tertiary/aromatic N) is 1. The monoisotopic (exact) mass is 475 g/mol. The van der Waals surface area contributed by atoms with Crippen LogP contribution in [-0.2, 0) is 11.3 Å². The first-order valence-corrected chi connectivity index (χ1v) is 11.8. The number of benzene rings is 3. The number of aliphatic hydroxyl groups excluding tert-OH is 1. The third kappa shape index (κ3) is 5.58. The van der Waals surface area contributed by atoms with Crippen LogP contribution < -0.4 is 4.74 Å². The summed E-state index contributed by atoms with van der Waals surface area (Å²) in [5, 5.41) is 11.9. The van der Waals surface area contributed by atoms with Gasteiger partial charge in [0.1, 0.15) is 12.7 Å². The van der Waals surface area contributed by atoms with Gasteiger partial charge >= 0.3 is 0 Å². The second-order valence-electron chi connectivity index (χ2n) is 9.38. The van der Waals surface area contributed by atoms with Crippen molar-refractivity contribution in [3.8, 4) is 17.0 Å². The van der Waals surface area contributed by atoms with Crippen LogP contribution in [-0.4, -0.2) is 22.3 Å². The third-order valence-electron chi connectivity index (χ3n) is 5.56. The summed E-state index contributed by atoms with van der Waals surface area (Å²) < 4.78 is 12.3. The fourth-order valence-corrected chi connectivity index (χ4v) is 4.30. The predicted octanol–water partition coefficient (Wildman–Crippen LogP) is 7.29. The molecule has 3 aromatic carbocycles. The Hall–Kier alpha value is -2.92. The lowest BCUT2D eigenvalue weighted by Crippen LogP contribution is -2.25. The fourth-order valence-electron chi connectivity index (χ4n) is 4.17. The molecule has 0 saturated carbocycles. The third-order valence-corrected chi connectivity index (χ3v) is 5.81. The maximum Gasteiger partial charge on any atom is 0.214 e. The average Bonchev–Trinajstić information content (AvgIpc) is 2.81. The van der Waals surface area contributed by atoms with Crippen LogP contribution >= 0.6 is 11.6 Å². The number of aliphatic hydroxyl groups is 1. The second-order valence-corrected chi connectivity index (χ2v) is 9.82. The molecule has 0 radical (unpaired) electrons. The van der Waals surface area contributed by atoms with Gasteiger partial charge in [0.2, 0.25) is 5.88 Å². The van der Waals surface area contributed by atoms with Gasteiger partial charge in [0, 0.05) is 16.5 Å². The molecule has 0 spiro atoms. The van der Waals surface area contributed by atoms with Gasteiger partial charge in [-0.05, 0) is 79.8 Å². The van der Waals surface area contributed by atoms with Crippen molar-refractivity contribution in [1.29, 1.82) is 0 Å². The van der Waals surface area contributed by atoms with E-state index in [1.54, 1.807) is 0 Å². The van der Waals surface area contributed by atoms with Crippen LogP contribution in [0.3, 0.4) is 0 Å². The van der Waals surface area contributed by atoms with Crippen molar-refractivity contribution in [1.82, 2.24) is 4.98 Å². The van der Waals surface area contributed by atoms with Gasteiger partial charge in [0.05, 0.1) is 17.7 Å². The Morgan fingerprint density at radius 2 is 1.68 bits per heavy atom. The lowest BCUT2D eigenvalue weighted by Gasteiger charge is -2.30. The number of fused-ring (bicyclic) bond motifs is 1. The van der Waals surface area contributed by atoms with Gasteiger partial charge in [-0.25, -0.2) is 4.98 Å². The highest BCUT2D eigenvalue weighted by Gasteiger charge is 2.26. The van der Waals surface area contributed by atoms with Crippen molar-refractivity contribution in [2.24, 2.45) is 0 Å². The Kier molecular flexibility index (Phi) is 7.22. The van der Waals surface area contributed by atoms with E-state index in [9.17, 15) is 5.11 Å². The van der Waals surface area contributed by atoms with E-state index in [1.165, 1.54) is 0 Å². The van der Waals surface area contributed by atoms with E-state index in [2.05, 4.69) is 0 Å². The first-order valence-electron chi connectivity index (χ1n) is 11.4. The van der Waals surface area contributed by atoms with Gasteiger partial charge in [0.15, 0.2) is 0 Å². The summed E-state index contributed by atoms with van der Waals surface area (Å²) in [7, 11) is 0. The van der Waals surface area contributed by atoms with Gasteiger partial charge < -0.3 is 14.6 Å². The molecule has 1 N–H and O–H groups in total. The summed E-state index contributed by atoms with van der Waals surface area (Å²) in [5.74, 6) is 0.565. The zero-order chi connectivity index (χ0) is 24.3. The summed E-state index contributed by atoms with van der Waals surface area (Å²) in [6.45, 7) is 8.33.